The van der Waals surface area contributed by atoms with E-state index in [4.69, 9.17) is 9.05 Å². The lowest BCUT2D eigenvalue weighted by molar-refractivity contribution is 0.221. The number of halogens is 2. The Labute approximate surface area is 77.7 Å². The van der Waals surface area contributed by atoms with Crippen LogP contribution in [0.1, 0.15) is 13.8 Å². The summed E-state index contributed by atoms with van der Waals surface area (Å²) in [7, 11) is -2.00. The molecule has 0 saturated heterocycles. The van der Waals surface area contributed by atoms with Crippen molar-refractivity contribution in [2.75, 3.05) is 0 Å². The lowest BCUT2D eigenvalue weighted by Gasteiger charge is -1.92. The minimum atomic E-state index is -2.00. The van der Waals surface area contributed by atoms with Crippen molar-refractivity contribution in [3.05, 3.63) is 0 Å². The van der Waals surface area contributed by atoms with Gasteiger partial charge in [0.15, 0.2) is 10.0 Å². The molecule has 0 fully saturated rings. The quantitative estimate of drug-likeness (QED) is 0.590. The van der Waals surface area contributed by atoms with Gasteiger partial charge in [0.05, 0.1) is 0 Å². The van der Waals surface area contributed by atoms with E-state index in [1.165, 1.54) is 0 Å². The molecule has 60 valence electrons. The van der Waals surface area contributed by atoms with Crippen LogP contribution >= 0.6 is 40.1 Å². The first kappa shape index (κ1) is 11.0. The van der Waals surface area contributed by atoms with Gasteiger partial charge in [0.1, 0.15) is 0 Å². The summed E-state index contributed by atoms with van der Waals surface area (Å²) in [4.78, 5) is 0. The minimum absolute atomic E-state index is 0.248. The third-order valence-corrected chi connectivity index (χ3v) is 2.39. The lowest BCUT2D eigenvalue weighted by atomic mass is 10.9. The highest BCUT2D eigenvalue weighted by Gasteiger charge is 2.25. The Balaban J connectivity index is 3.44. The topological polar surface area (TPSA) is 35.5 Å². The zero-order chi connectivity index (χ0) is 8.15. The molecule has 0 amide bonds. The highest BCUT2D eigenvalue weighted by atomic mass is 79.9. The molecule has 0 aromatic carbocycles. The summed E-state index contributed by atoms with van der Waals surface area (Å²) in [6.07, 6.45) is 0. The summed E-state index contributed by atoms with van der Waals surface area (Å²) in [5, 5.41) is -0.496. The van der Waals surface area contributed by atoms with Gasteiger partial charge in [-0.1, -0.05) is 31.9 Å². The Bertz CT molecular complexity index is 105. The van der Waals surface area contributed by atoms with Gasteiger partial charge in [-0.3, -0.25) is 0 Å². The highest BCUT2D eigenvalue weighted by molar-refractivity contribution is 9.09. The van der Waals surface area contributed by atoms with Crippen LogP contribution in [0.4, 0.5) is 0 Å². The summed E-state index contributed by atoms with van der Waals surface area (Å²) in [5.74, 6) is 0. The molecule has 0 aliphatic rings. The largest absolute Gasteiger partial charge is 0.699 e. The third-order valence-electron chi connectivity index (χ3n) is 0.463. The normalized spacial score (nSPS) is 18.2. The molecule has 0 N–H and O–H groups in total. The van der Waals surface area contributed by atoms with Crippen molar-refractivity contribution in [2.45, 2.75) is 23.9 Å². The van der Waals surface area contributed by atoms with Crippen molar-refractivity contribution in [3.8, 4) is 0 Å². The fraction of sp³-hybridized carbons (Fsp3) is 1.00. The molecule has 0 aromatic rings. The predicted molar refractivity (Wildman–Crippen MR) is 46.6 cm³/mol. The van der Waals surface area contributed by atoms with Gasteiger partial charge in [0, 0.05) is 4.57 Å². The van der Waals surface area contributed by atoms with Crippen molar-refractivity contribution in [2.24, 2.45) is 0 Å². The van der Waals surface area contributed by atoms with Gasteiger partial charge in [-0.25, -0.2) is 0 Å². The second kappa shape index (κ2) is 5.61. The molecule has 0 saturated carbocycles. The van der Waals surface area contributed by atoms with Gasteiger partial charge in [-0.05, 0) is 13.8 Å². The summed E-state index contributed by atoms with van der Waals surface area (Å²) < 4.78 is 20.2. The van der Waals surface area contributed by atoms with E-state index in [2.05, 4.69) is 31.9 Å². The summed E-state index contributed by atoms with van der Waals surface area (Å²) in [6, 6.07) is 0. The molecule has 0 spiro atoms. The zero-order valence-corrected chi connectivity index (χ0v) is 9.65. The van der Waals surface area contributed by atoms with E-state index in [9.17, 15) is 4.57 Å². The predicted octanol–water partition coefficient (Wildman–Crippen LogP) is 3.16. The maximum absolute atomic E-state index is 10.7. The van der Waals surface area contributed by atoms with Gasteiger partial charge in [-0.2, -0.15) is 0 Å². The average molecular weight is 295 g/mol. The van der Waals surface area contributed by atoms with E-state index in [1.54, 1.807) is 13.8 Å². The van der Waals surface area contributed by atoms with Crippen LogP contribution in [0.5, 0.6) is 0 Å². The summed E-state index contributed by atoms with van der Waals surface area (Å²) >= 11 is 6.13. The maximum Gasteiger partial charge on any atom is 0.699 e. The van der Waals surface area contributed by atoms with Crippen LogP contribution in [0.2, 0.25) is 0 Å². The lowest BCUT2D eigenvalue weighted by Crippen LogP contribution is -1.95. The second-order valence-corrected chi connectivity index (χ2v) is 4.97. The molecule has 6 heteroatoms. The van der Waals surface area contributed by atoms with Crippen LogP contribution in [-0.4, -0.2) is 10.0 Å². The molecule has 3 nitrogen and oxygen atoms in total. The zero-order valence-electron chi connectivity index (χ0n) is 5.58. The molecule has 0 aliphatic heterocycles. The molecule has 0 aromatic heterocycles. The highest BCUT2D eigenvalue weighted by Crippen LogP contribution is 2.30. The first-order valence-corrected chi connectivity index (χ1v) is 5.54. The maximum atomic E-state index is 10.7. The first-order chi connectivity index (χ1) is 4.52. The van der Waals surface area contributed by atoms with Crippen LogP contribution in [0, 0.1) is 0 Å². The van der Waals surface area contributed by atoms with E-state index in [1.807, 2.05) is 0 Å². The number of rotatable bonds is 4. The molecule has 2 unspecified atom stereocenters. The second-order valence-electron chi connectivity index (χ2n) is 1.52. The fourth-order valence-corrected chi connectivity index (χ4v) is 1.61. The Kier molecular flexibility index (Phi) is 6.16. The van der Waals surface area contributed by atoms with Crippen LogP contribution < -0.4 is 0 Å². The number of hydrogen-bond acceptors (Lipinski definition) is 3. The molecule has 0 radical (unpaired) electrons. The SMILES string of the molecule is CC(Br)O[P+](=O)OC(C)Br. The van der Waals surface area contributed by atoms with Crippen molar-refractivity contribution in [1.29, 1.82) is 0 Å². The van der Waals surface area contributed by atoms with Crippen LogP contribution in [-0.2, 0) is 13.6 Å². The first-order valence-electron chi connectivity index (χ1n) is 2.61. The molecule has 2 atom stereocenters. The molecular formula is C4H8Br2O3P+. The van der Waals surface area contributed by atoms with Gasteiger partial charge in [0.25, 0.3) is 0 Å². The van der Waals surface area contributed by atoms with Crippen molar-refractivity contribution >= 4 is 40.1 Å². The fourth-order valence-electron chi connectivity index (χ4n) is 0.262. The molecular weight excluding hydrogens is 287 g/mol. The average Bonchev–Trinajstić information content (AvgIpc) is 1.58. The third kappa shape index (κ3) is 7.09. The van der Waals surface area contributed by atoms with E-state index in [0.717, 1.165) is 0 Å². The standard InChI is InChI=1S/C4H8Br2O3P/c1-3(5)8-10(7)9-4(2)6/h3-4H,1-2H3/q+1. The van der Waals surface area contributed by atoms with Crippen molar-refractivity contribution in [1.82, 2.24) is 0 Å². The Morgan fingerprint density at radius 1 is 1.20 bits per heavy atom. The monoisotopic (exact) mass is 293 g/mol. The van der Waals surface area contributed by atoms with E-state index in [0.29, 0.717) is 0 Å². The van der Waals surface area contributed by atoms with Gasteiger partial charge < -0.3 is 0 Å². The van der Waals surface area contributed by atoms with Crippen LogP contribution in [0.15, 0.2) is 0 Å². The smallest absolute Gasteiger partial charge is 0.104 e. The Morgan fingerprint density at radius 3 is 1.70 bits per heavy atom. The Morgan fingerprint density at radius 2 is 1.50 bits per heavy atom. The van der Waals surface area contributed by atoms with Gasteiger partial charge >= 0.3 is 8.25 Å². The van der Waals surface area contributed by atoms with Gasteiger partial charge in [0.2, 0.25) is 0 Å². The van der Waals surface area contributed by atoms with Crippen LogP contribution in [0.3, 0.4) is 0 Å². The van der Waals surface area contributed by atoms with Gasteiger partial charge in [-0.15, -0.1) is 9.05 Å². The number of alkyl halides is 2. The van der Waals surface area contributed by atoms with Crippen molar-refractivity contribution in [3.63, 3.8) is 0 Å². The molecule has 10 heavy (non-hydrogen) atoms. The minimum Gasteiger partial charge on any atom is -0.104 e. The van der Waals surface area contributed by atoms with E-state index < -0.39 is 8.25 Å². The molecule has 0 bridgehead atoms. The summed E-state index contributed by atoms with van der Waals surface area (Å²) in [5.41, 5.74) is 0. The Hall–Kier alpha value is 0.980. The van der Waals surface area contributed by atoms with Crippen LogP contribution in [0.25, 0.3) is 0 Å². The molecule has 0 heterocycles. The number of hydrogen-bond donors (Lipinski definition) is 0. The molecule has 0 aliphatic carbocycles. The molecule has 0 rings (SSSR count). The summed E-state index contributed by atoms with van der Waals surface area (Å²) in [6.45, 7) is 3.44. The van der Waals surface area contributed by atoms with Crippen molar-refractivity contribution < 1.29 is 13.6 Å². The van der Waals surface area contributed by atoms with E-state index in [-0.39, 0.29) is 10.0 Å². The van der Waals surface area contributed by atoms with E-state index >= 15 is 0 Å².